The SMILES string of the molecule is COc1ccncc1-c1nc(C(=O)NCC(C)(C)O)cc(-c2ccc(Cl)cc2)n1. The van der Waals surface area contributed by atoms with Crippen LogP contribution in [0, 0.1) is 0 Å². The lowest BCUT2D eigenvalue weighted by Gasteiger charge is -2.17. The average molecular weight is 413 g/mol. The molecule has 0 aliphatic carbocycles. The Bertz CT molecular complexity index is 1020. The van der Waals surface area contributed by atoms with Crippen molar-refractivity contribution in [2.75, 3.05) is 13.7 Å². The molecule has 0 saturated heterocycles. The molecule has 2 heterocycles. The molecule has 0 spiro atoms. The average Bonchev–Trinajstić information content (AvgIpc) is 2.71. The number of aliphatic hydroxyl groups is 1. The lowest BCUT2D eigenvalue weighted by atomic mass is 10.1. The third kappa shape index (κ3) is 5.28. The molecular formula is C21H21ClN4O3. The molecule has 0 aliphatic heterocycles. The van der Waals surface area contributed by atoms with Gasteiger partial charge in [-0.15, -0.1) is 0 Å². The quantitative estimate of drug-likeness (QED) is 0.644. The van der Waals surface area contributed by atoms with E-state index in [4.69, 9.17) is 16.3 Å². The second kappa shape index (κ2) is 8.55. The van der Waals surface area contributed by atoms with Crippen molar-refractivity contribution in [2.24, 2.45) is 0 Å². The maximum atomic E-state index is 12.7. The smallest absolute Gasteiger partial charge is 0.270 e. The number of methoxy groups -OCH3 is 1. The Morgan fingerprint density at radius 3 is 2.59 bits per heavy atom. The number of ether oxygens (including phenoxy) is 1. The minimum absolute atomic E-state index is 0.0810. The number of amides is 1. The van der Waals surface area contributed by atoms with E-state index in [2.05, 4.69) is 20.3 Å². The highest BCUT2D eigenvalue weighted by molar-refractivity contribution is 6.30. The summed E-state index contributed by atoms with van der Waals surface area (Å²) in [5.74, 6) is 0.417. The van der Waals surface area contributed by atoms with Crippen molar-refractivity contribution in [1.82, 2.24) is 20.3 Å². The molecule has 0 atom stereocenters. The molecule has 0 bridgehead atoms. The van der Waals surface area contributed by atoms with Crippen LogP contribution >= 0.6 is 11.6 Å². The fourth-order valence-corrected chi connectivity index (χ4v) is 2.69. The van der Waals surface area contributed by atoms with E-state index in [1.54, 1.807) is 57.6 Å². The summed E-state index contributed by atoms with van der Waals surface area (Å²) in [5.41, 5.74) is 0.998. The third-order valence-corrected chi connectivity index (χ3v) is 4.27. The summed E-state index contributed by atoms with van der Waals surface area (Å²) >= 11 is 5.99. The molecule has 0 radical (unpaired) electrons. The lowest BCUT2D eigenvalue weighted by molar-refractivity contribution is 0.0692. The summed E-state index contributed by atoms with van der Waals surface area (Å²) in [6.45, 7) is 3.30. The van der Waals surface area contributed by atoms with Crippen LogP contribution in [0.1, 0.15) is 24.3 Å². The number of halogens is 1. The largest absolute Gasteiger partial charge is 0.496 e. The Hall–Kier alpha value is -3.03. The fourth-order valence-electron chi connectivity index (χ4n) is 2.57. The first-order chi connectivity index (χ1) is 13.8. The Kier molecular flexibility index (Phi) is 6.10. The van der Waals surface area contributed by atoms with E-state index in [0.29, 0.717) is 27.9 Å². The molecule has 3 rings (SSSR count). The Balaban J connectivity index is 2.09. The summed E-state index contributed by atoms with van der Waals surface area (Å²) in [4.78, 5) is 25.8. The number of hydrogen-bond donors (Lipinski definition) is 2. The number of carbonyl (C=O) groups is 1. The van der Waals surface area contributed by atoms with E-state index in [1.165, 1.54) is 0 Å². The number of carbonyl (C=O) groups excluding carboxylic acids is 1. The summed E-state index contributed by atoms with van der Waals surface area (Å²) in [5, 5.41) is 13.2. The first-order valence-electron chi connectivity index (χ1n) is 8.91. The molecular weight excluding hydrogens is 392 g/mol. The van der Waals surface area contributed by atoms with Crippen molar-refractivity contribution in [2.45, 2.75) is 19.4 Å². The van der Waals surface area contributed by atoms with E-state index in [9.17, 15) is 9.90 Å². The number of nitrogens with one attached hydrogen (secondary N) is 1. The predicted octanol–water partition coefficient (Wildman–Crippen LogP) is 3.37. The maximum absolute atomic E-state index is 12.7. The van der Waals surface area contributed by atoms with Gasteiger partial charge in [0.05, 0.1) is 24.0 Å². The number of nitrogens with zero attached hydrogens (tertiary/aromatic N) is 3. The standard InChI is InChI=1S/C21H21ClN4O3/c1-21(2,28)12-24-20(27)17-10-16(13-4-6-14(22)7-5-13)25-19(26-17)15-11-23-9-8-18(15)29-3/h4-11,28H,12H2,1-3H3,(H,24,27). The van der Waals surface area contributed by atoms with Crippen molar-refractivity contribution < 1.29 is 14.6 Å². The number of rotatable bonds is 6. The van der Waals surface area contributed by atoms with Crippen LogP contribution in [0.2, 0.25) is 5.02 Å². The molecule has 1 aromatic carbocycles. The van der Waals surface area contributed by atoms with Gasteiger partial charge in [0.1, 0.15) is 11.4 Å². The zero-order chi connectivity index (χ0) is 21.0. The van der Waals surface area contributed by atoms with Crippen LogP contribution in [0.25, 0.3) is 22.6 Å². The monoisotopic (exact) mass is 412 g/mol. The first kappa shape index (κ1) is 20.7. The molecule has 2 N–H and O–H groups in total. The fraction of sp³-hybridized carbons (Fsp3) is 0.238. The van der Waals surface area contributed by atoms with Gasteiger partial charge in [-0.25, -0.2) is 9.97 Å². The summed E-state index contributed by atoms with van der Waals surface area (Å²) in [6, 6.07) is 10.4. The predicted molar refractivity (Wildman–Crippen MR) is 111 cm³/mol. The highest BCUT2D eigenvalue weighted by Crippen LogP contribution is 2.29. The highest BCUT2D eigenvalue weighted by atomic mass is 35.5. The highest BCUT2D eigenvalue weighted by Gasteiger charge is 2.19. The number of benzene rings is 1. The van der Waals surface area contributed by atoms with E-state index >= 15 is 0 Å². The minimum Gasteiger partial charge on any atom is -0.496 e. The summed E-state index contributed by atoms with van der Waals surface area (Å²) in [6.07, 6.45) is 3.18. The maximum Gasteiger partial charge on any atom is 0.270 e. The van der Waals surface area contributed by atoms with Crippen molar-refractivity contribution >= 4 is 17.5 Å². The zero-order valence-electron chi connectivity index (χ0n) is 16.3. The van der Waals surface area contributed by atoms with Crippen molar-refractivity contribution in [3.05, 3.63) is 59.5 Å². The van der Waals surface area contributed by atoms with Crippen molar-refractivity contribution in [1.29, 1.82) is 0 Å². The van der Waals surface area contributed by atoms with Gasteiger partial charge in [0, 0.05) is 29.5 Å². The molecule has 3 aromatic rings. The summed E-state index contributed by atoms with van der Waals surface area (Å²) < 4.78 is 5.38. The van der Waals surface area contributed by atoms with Crippen LogP contribution in [-0.2, 0) is 0 Å². The lowest BCUT2D eigenvalue weighted by Crippen LogP contribution is -2.38. The van der Waals surface area contributed by atoms with Gasteiger partial charge in [0.2, 0.25) is 0 Å². The molecule has 2 aromatic heterocycles. The van der Waals surface area contributed by atoms with Crippen molar-refractivity contribution in [3.63, 3.8) is 0 Å². The van der Waals surface area contributed by atoms with Crippen molar-refractivity contribution in [3.8, 4) is 28.4 Å². The van der Waals surface area contributed by atoms with E-state index < -0.39 is 11.5 Å². The third-order valence-electron chi connectivity index (χ3n) is 4.02. The normalized spacial score (nSPS) is 11.2. The van der Waals surface area contributed by atoms with Gasteiger partial charge >= 0.3 is 0 Å². The van der Waals surface area contributed by atoms with Gasteiger partial charge in [-0.3, -0.25) is 9.78 Å². The first-order valence-corrected chi connectivity index (χ1v) is 9.28. The van der Waals surface area contributed by atoms with Gasteiger partial charge in [0.15, 0.2) is 5.82 Å². The van der Waals surface area contributed by atoms with Crippen LogP contribution in [-0.4, -0.2) is 45.2 Å². The Labute approximate surface area is 173 Å². The Morgan fingerprint density at radius 2 is 1.93 bits per heavy atom. The zero-order valence-corrected chi connectivity index (χ0v) is 17.1. The van der Waals surface area contributed by atoms with Gasteiger partial charge < -0.3 is 15.2 Å². The molecule has 150 valence electrons. The second-order valence-electron chi connectivity index (χ2n) is 7.04. The molecule has 0 fully saturated rings. The molecule has 0 aliphatic rings. The van der Waals surface area contributed by atoms with E-state index in [0.717, 1.165) is 5.56 Å². The van der Waals surface area contributed by atoms with Crippen LogP contribution in [0.5, 0.6) is 5.75 Å². The van der Waals surface area contributed by atoms with Crippen LogP contribution in [0.3, 0.4) is 0 Å². The minimum atomic E-state index is -1.04. The summed E-state index contributed by atoms with van der Waals surface area (Å²) in [7, 11) is 1.54. The number of aromatic nitrogens is 3. The van der Waals surface area contributed by atoms with Gasteiger partial charge in [0.25, 0.3) is 5.91 Å². The molecule has 29 heavy (non-hydrogen) atoms. The second-order valence-corrected chi connectivity index (χ2v) is 7.48. The van der Waals surface area contributed by atoms with E-state index in [1.807, 2.05) is 12.1 Å². The van der Waals surface area contributed by atoms with Gasteiger partial charge in [-0.2, -0.15) is 0 Å². The number of pyridine rings is 1. The van der Waals surface area contributed by atoms with Crippen LogP contribution in [0.15, 0.2) is 48.8 Å². The van der Waals surface area contributed by atoms with E-state index in [-0.39, 0.29) is 12.2 Å². The molecule has 1 amide bonds. The molecule has 7 nitrogen and oxygen atoms in total. The Morgan fingerprint density at radius 1 is 1.21 bits per heavy atom. The molecule has 0 unspecified atom stereocenters. The molecule has 8 heteroatoms. The van der Waals surface area contributed by atoms with Crippen LogP contribution < -0.4 is 10.1 Å². The topological polar surface area (TPSA) is 97.2 Å². The van der Waals surface area contributed by atoms with Gasteiger partial charge in [-0.05, 0) is 38.1 Å². The van der Waals surface area contributed by atoms with Gasteiger partial charge in [-0.1, -0.05) is 23.7 Å². The molecule has 0 saturated carbocycles. The van der Waals surface area contributed by atoms with Crippen LogP contribution in [0.4, 0.5) is 0 Å². The number of hydrogen-bond acceptors (Lipinski definition) is 6.